The van der Waals surface area contributed by atoms with Crippen molar-refractivity contribution in [3.63, 3.8) is 0 Å². The number of aliphatic hydroxyl groups excluding tert-OH is 1. The maximum absolute atomic E-state index is 9.50. The molecular formula is C18H28N2O. The molecule has 0 unspecified atom stereocenters. The monoisotopic (exact) mass is 288 g/mol. The molecule has 3 rings (SSSR count). The second-order valence-corrected chi connectivity index (χ2v) is 6.90. The fourth-order valence-corrected chi connectivity index (χ4v) is 4.11. The molecule has 1 aromatic rings. The van der Waals surface area contributed by atoms with E-state index in [0.29, 0.717) is 6.04 Å². The molecule has 1 aliphatic carbocycles. The average molecular weight is 288 g/mol. The van der Waals surface area contributed by atoms with E-state index in [1.165, 1.54) is 37.9 Å². The predicted molar refractivity (Wildman–Crippen MR) is 86.0 cm³/mol. The molecule has 2 N–H and O–H groups in total. The van der Waals surface area contributed by atoms with Crippen LogP contribution >= 0.6 is 0 Å². The van der Waals surface area contributed by atoms with Crippen molar-refractivity contribution in [1.29, 1.82) is 0 Å². The summed E-state index contributed by atoms with van der Waals surface area (Å²) in [4.78, 5) is 2.62. The van der Waals surface area contributed by atoms with Crippen LogP contribution in [0.25, 0.3) is 0 Å². The lowest BCUT2D eigenvalue weighted by Crippen LogP contribution is -2.44. The zero-order valence-electron chi connectivity index (χ0n) is 13.0. The molecule has 2 aliphatic rings. The highest BCUT2D eigenvalue weighted by Gasteiger charge is 2.39. The van der Waals surface area contributed by atoms with Gasteiger partial charge in [-0.25, -0.2) is 0 Å². The molecule has 1 saturated carbocycles. The molecule has 0 spiro atoms. The minimum atomic E-state index is -0.243. The number of fused-ring (bicyclic) bond motifs is 1. The van der Waals surface area contributed by atoms with E-state index >= 15 is 0 Å². The SMILES string of the molecule is C[C@H](O)CN[C@@H]1CCC[C@@H]2CN(Cc3ccccc3)C[C@H]21. The molecule has 1 heterocycles. The quantitative estimate of drug-likeness (QED) is 0.872. The van der Waals surface area contributed by atoms with E-state index in [2.05, 4.69) is 40.5 Å². The molecule has 116 valence electrons. The van der Waals surface area contributed by atoms with Crippen molar-refractivity contribution in [3.8, 4) is 0 Å². The van der Waals surface area contributed by atoms with Crippen LogP contribution in [0.3, 0.4) is 0 Å². The van der Waals surface area contributed by atoms with Crippen LogP contribution in [0.2, 0.25) is 0 Å². The lowest BCUT2D eigenvalue weighted by molar-refractivity contribution is 0.160. The van der Waals surface area contributed by atoms with Crippen molar-refractivity contribution < 1.29 is 5.11 Å². The summed E-state index contributed by atoms with van der Waals surface area (Å²) in [6.07, 6.45) is 3.74. The third kappa shape index (κ3) is 3.85. The van der Waals surface area contributed by atoms with Gasteiger partial charge >= 0.3 is 0 Å². The number of hydrogen-bond acceptors (Lipinski definition) is 3. The lowest BCUT2D eigenvalue weighted by atomic mass is 9.78. The van der Waals surface area contributed by atoms with Crippen LogP contribution in [0.4, 0.5) is 0 Å². The van der Waals surface area contributed by atoms with Crippen molar-refractivity contribution in [3.05, 3.63) is 35.9 Å². The van der Waals surface area contributed by atoms with Gasteiger partial charge in [-0.3, -0.25) is 4.90 Å². The summed E-state index contributed by atoms with van der Waals surface area (Å²) in [7, 11) is 0. The largest absolute Gasteiger partial charge is 0.392 e. The molecular weight excluding hydrogens is 260 g/mol. The van der Waals surface area contributed by atoms with E-state index in [1.54, 1.807) is 0 Å². The van der Waals surface area contributed by atoms with Gasteiger partial charge in [-0.2, -0.15) is 0 Å². The van der Waals surface area contributed by atoms with Crippen LogP contribution < -0.4 is 5.32 Å². The van der Waals surface area contributed by atoms with E-state index in [9.17, 15) is 5.11 Å². The van der Waals surface area contributed by atoms with Crippen molar-refractivity contribution in [2.75, 3.05) is 19.6 Å². The van der Waals surface area contributed by atoms with Gasteiger partial charge in [-0.05, 0) is 37.2 Å². The van der Waals surface area contributed by atoms with Crippen LogP contribution in [-0.4, -0.2) is 41.8 Å². The first-order chi connectivity index (χ1) is 10.2. The summed E-state index contributed by atoms with van der Waals surface area (Å²) < 4.78 is 0. The zero-order valence-corrected chi connectivity index (χ0v) is 13.0. The minimum absolute atomic E-state index is 0.243. The summed E-state index contributed by atoms with van der Waals surface area (Å²) in [6, 6.07) is 11.4. The highest BCUT2D eigenvalue weighted by atomic mass is 16.3. The average Bonchev–Trinajstić information content (AvgIpc) is 2.89. The Morgan fingerprint density at radius 2 is 2.05 bits per heavy atom. The second-order valence-electron chi connectivity index (χ2n) is 6.90. The fraction of sp³-hybridized carbons (Fsp3) is 0.667. The fourth-order valence-electron chi connectivity index (χ4n) is 4.11. The van der Waals surface area contributed by atoms with Gasteiger partial charge in [-0.1, -0.05) is 36.8 Å². The topological polar surface area (TPSA) is 35.5 Å². The number of rotatable bonds is 5. The molecule has 3 nitrogen and oxygen atoms in total. The molecule has 2 fully saturated rings. The molecule has 1 saturated heterocycles. The van der Waals surface area contributed by atoms with E-state index in [4.69, 9.17) is 0 Å². The van der Waals surface area contributed by atoms with Gasteiger partial charge in [-0.15, -0.1) is 0 Å². The van der Waals surface area contributed by atoms with Gasteiger partial charge in [0.15, 0.2) is 0 Å². The van der Waals surface area contributed by atoms with E-state index < -0.39 is 0 Å². The number of nitrogens with one attached hydrogen (secondary N) is 1. The molecule has 0 aromatic heterocycles. The Balaban J connectivity index is 1.57. The van der Waals surface area contributed by atoms with Gasteiger partial charge in [0.1, 0.15) is 0 Å². The van der Waals surface area contributed by atoms with Crippen LogP contribution in [0.1, 0.15) is 31.7 Å². The maximum atomic E-state index is 9.50. The Morgan fingerprint density at radius 3 is 2.81 bits per heavy atom. The molecule has 1 aromatic carbocycles. The molecule has 0 radical (unpaired) electrons. The van der Waals surface area contributed by atoms with Crippen molar-refractivity contribution in [1.82, 2.24) is 10.2 Å². The number of likely N-dealkylation sites (tertiary alicyclic amines) is 1. The van der Waals surface area contributed by atoms with Crippen LogP contribution in [0, 0.1) is 11.8 Å². The third-order valence-corrected chi connectivity index (χ3v) is 5.10. The summed E-state index contributed by atoms with van der Waals surface area (Å²) in [5.74, 6) is 1.61. The molecule has 1 aliphatic heterocycles. The van der Waals surface area contributed by atoms with Crippen LogP contribution in [0.5, 0.6) is 0 Å². The van der Waals surface area contributed by atoms with Gasteiger partial charge in [0.05, 0.1) is 6.10 Å². The maximum Gasteiger partial charge on any atom is 0.0636 e. The van der Waals surface area contributed by atoms with Gasteiger partial charge < -0.3 is 10.4 Å². The van der Waals surface area contributed by atoms with E-state index in [-0.39, 0.29) is 6.10 Å². The molecule has 3 heteroatoms. The van der Waals surface area contributed by atoms with Crippen LogP contribution in [-0.2, 0) is 6.54 Å². The lowest BCUT2D eigenvalue weighted by Gasteiger charge is -2.34. The smallest absolute Gasteiger partial charge is 0.0636 e. The minimum Gasteiger partial charge on any atom is -0.392 e. The third-order valence-electron chi connectivity index (χ3n) is 5.10. The highest BCUT2D eigenvalue weighted by molar-refractivity contribution is 5.15. The highest BCUT2D eigenvalue weighted by Crippen LogP contribution is 2.36. The first-order valence-corrected chi connectivity index (χ1v) is 8.40. The van der Waals surface area contributed by atoms with Crippen molar-refractivity contribution in [2.45, 2.75) is 44.9 Å². The Hall–Kier alpha value is -0.900. The number of nitrogens with zero attached hydrogens (tertiary/aromatic N) is 1. The van der Waals surface area contributed by atoms with Gasteiger partial charge in [0.2, 0.25) is 0 Å². The Bertz CT molecular complexity index is 434. The zero-order chi connectivity index (χ0) is 14.7. The van der Waals surface area contributed by atoms with Crippen molar-refractivity contribution >= 4 is 0 Å². The van der Waals surface area contributed by atoms with E-state index in [1.807, 2.05) is 6.92 Å². The first-order valence-electron chi connectivity index (χ1n) is 8.40. The van der Waals surface area contributed by atoms with Gasteiger partial charge in [0, 0.05) is 32.2 Å². The molecule has 21 heavy (non-hydrogen) atoms. The first kappa shape index (κ1) is 15.0. The Morgan fingerprint density at radius 1 is 1.24 bits per heavy atom. The normalized spacial score (nSPS) is 31.0. The summed E-state index contributed by atoms with van der Waals surface area (Å²) in [5.41, 5.74) is 1.42. The standard InChI is InChI=1S/C18H28N2O/c1-14(21)10-19-18-9-5-8-16-12-20(13-17(16)18)11-15-6-3-2-4-7-15/h2-4,6-7,14,16-19,21H,5,8-13H2,1H3/t14-,16+,17+,18+/m0/s1. The van der Waals surface area contributed by atoms with Gasteiger partial charge in [0.25, 0.3) is 0 Å². The van der Waals surface area contributed by atoms with Crippen LogP contribution in [0.15, 0.2) is 30.3 Å². The molecule has 0 bridgehead atoms. The predicted octanol–water partition coefficient (Wildman–Crippen LogP) is 2.26. The van der Waals surface area contributed by atoms with E-state index in [0.717, 1.165) is 24.9 Å². The summed E-state index contributed by atoms with van der Waals surface area (Å²) in [5, 5.41) is 13.1. The molecule has 4 atom stereocenters. The summed E-state index contributed by atoms with van der Waals surface area (Å²) in [6.45, 7) is 6.12. The number of aliphatic hydroxyl groups is 1. The number of benzene rings is 1. The Labute approximate surface area is 128 Å². The summed E-state index contributed by atoms with van der Waals surface area (Å²) >= 11 is 0. The Kier molecular flexibility index (Phi) is 4.94. The van der Waals surface area contributed by atoms with Crippen molar-refractivity contribution in [2.24, 2.45) is 11.8 Å². The molecule has 0 amide bonds. The second kappa shape index (κ2) is 6.91. The number of hydrogen-bond donors (Lipinski definition) is 2.